The second-order valence-corrected chi connectivity index (χ2v) is 5.83. The largest absolute Gasteiger partial charge is 0.383 e. The molecular formula is C14H29N3O. The molecule has 2 rings (SSSR count). The number of hydrogen-bond acceptors (Lipinski definition) is 4. The molecule has 0 spiro atoms. The molecule has 2 atom stereocenters. The Morgan fingerprint density at radius 2 is 1.94 bits per heavy atom. The van der Waals surface area contributed by atoms with Crippen LogP contribution >= 0.6 is 0 Å². The minimum Gasteiger partial charge on any atom is -0.383 e. The molecule has 0 aromatic rings. The van der Waals surface area contributed by atoms with Crippen LogP contribution in [0.5, 0.6) is 0 Å². The first-order chi connectivity index (χ1) is 8.74. The second kappa shape index (κ2) is 6.85. The van der Waals surface area contributed by atoms with Crippen molar-refractivity contribution in [1.82, 2.24) is 9.80 Å². The van der Waals surface area contributed by atoms with Crippen LogP contribution in [0.15, 0.2) is 0 Å². The maximum absolute atomic E-state index is 5.98. The Bertz CT molecular complexity index is 241. The average Bonchev–Trinajstić information content (AvgIpc) is 2.86. The highest BCUT2D eigenvalue weighted by molar-refractivity contribution is 4.89. The van der Waals surface area contributed by atoms with Crippen molar-refractivity contribution in [3.63, 3.8) is 0 Å². The molecule has 2 N–H and O–H groups in total. The summed E-state index contributed by atoms with van der Waals surface area (Å²) in [5.74, 6) is 0. The smallest absolute Gasteiger partial charge is 0.0617 e. The predicted octanol–water partition coefficient (Wildman–Crippen LogP) is 0.909. The van der Waals surface area contributed by atoms with Gasteiger partial charge in [-0.05, 0) is 38.8 Å². The van der Waals surface area contributed by atoms with E-state index in [9.17, 15) is 0 Å². The van der Waals surface area contributed by atoms with E-state index < -0.39 is 0 Å². The van der Waals surface area contributed by atoms with Gasteiger partial charge in [-0.2, -0.15) is 0 Å². The zero-order valence-electron chi connectivity index (χ0n) is 12.0. The van der Waals surface area contributed by atoms with E-state index >= 15 is 0 Å². The number of methoxy groups -OCH3 is 1. The van der Waals surface area contributed by atoms with Gasteiger partial charge in [0.25, 0.3) is 0 Å². The molecular weight excluding hydrogens is 226 g/mol. The van der Waals surface area contributed by atoms with Crippen LogP contribution in [-0.2, 0) is 4.74 Å². The Morgan fingerprint density at radius 1 is 1.22 bits per heavy atom. The van der Waals surface area contributed by atoms with Gasteiger partial charge in [0.15, 0.2) is 0 Å². The SMILES string of the molecule is CCC(COC)N1CCC(N2CCC(N)CC2)C1. The number of ether oxygens (including phenoxy) is 1. The molecule has 0 aromatic carbocycles. The van der Waals surface area contributed by atoms with E-state index in [0.29, 0.717) is 12.1 Å². The van der Waals surface area contributed by atoms with Crippen LogP contribution < -0.4 is 5.73 Å². The van der Waals surface area contributed by atoms with Gasteiger partial charge >= 0.3 is 0 Å². The monoisotopic (exact) mass is 255 g/mol. The normalized spacial score (nSPS) is 29.8. The predicted molar refractivity (Wildman–Crippen MR) is 74.7 cm³/mol. The molecule has 0 bridgehead atoms. The van der Waals surface area contributed by atoms with Crippen molar-refractivity contribution in [1.29, 1.82) is 0 Å². The van der Waals surface area contributed by atoms with Crippen molar-refractivity contribution < 1.29 is 4.74 Å². The molecule has 4 nitrogen and oxygen atoms in total. The molecule has 18 heavy (non-hydrogen) atoms. The molecule has 2 aliphatic rings. The molecule has 0 amide bonds. The van der Waals surface area contributed by atoms with Crippen molar-refractivity contribution in [3.05, 3.63) is 0 Å². The molecule has 106 valence electrons. The third-order valence-electron chi connectivity index (χ3n) is 4.63. The molecule has 0 aliphatic carbocycles. The Labute approximate surface area is 111 Å². The van der Waals surface area contributed by atoms with E-state index in [0.717, 1.165) is 12.6 Å². The lowest BCUT2D eigenvalue weighted by atomic mass is 10.0. The summed E-state index contributed by atoms with van der Waals surface area (Å²) in [6.45, 7) is 7.97. The number of nitrogens with two attached hydrogens (primary N) is 1. The summed E-state index contributed by atoms with van der Waals surface area (Å²) in [6, 6.07) is 1.80. The summed E-state index contributed by atoms with van der Waals surface area (Å²) in [7, 11) is 1.81. The van der Waals surface area contributed by atoms with E-state index in [4.69, 9.17) is 10.5 Å². The molecule has 2 fully saturated rings. The molecule has 0 saturated carbocycles. The van der Waals surface area contributed by atoms with Crippen LogP contribution in [-0.4, -0.2) is 67.8 Å². The maximum Gasteiger partial charge on any atom is 0.0617 e. The van der Waals surface area contributed by atoms with Gasteiger partial charge < -0.3 is 10.5 Å². The number of nitrogens with zero attached hydrogens (tertiary/aromatic N) is 2. The van der Waals surface area contributed by atoms with Gasteiger partial charge in [0.05, 0.1) is 6.61 Å². The number of hydrogen-bond donors (Lipinski definition) is 1. The topological polar surface area (TPSA) is 41.7 Å². The fraction of sp³-hybridized carbons (Fsp3) is 1.00. The van der Waals surface area contributed by atoms with Gasteiger partial charge in [-0.15, -0.1) is 0 Å². The van der Waals surface area contributed by atoms with E-state index in [-0.39, 0.29) is 0 Å². The minimum absolute atomic E-state index is 0.440. The zero-order chi connectivity index (χ0) is 13.0. The van der Waals surface area contributed by atoms with E-state index in [1.807, 2.05) is 7.11 Å². The lowest BCUT2D eigenvalue weighted by Gasteiger charge is -2.35. The van der Waals surface area contributed by atoms with Crippen LogP contribution in [0.2, 0.25) is 0 Å². The van der Waals surface area contributed by atoms with Crippen molar-refractivity contribution in [2.75, 3.05) is 39.9 Å². The fourth-order valence-corrected chi connectivity index (χ4v) is 3.36. The highest BCUT2D eigenvalue weighted by Crippen LogP contribution is 2.22. The van der Waals surface area contributed by atoms with Crippen LogP contribution in [0.1, 0.15) is 32.6 Å². The van der Waals surface area contributed by atoms with Gasteiger partial charge in [0, 0.05) is 38.3 Å². The maximum atomic E-state index is 5.98. The molecule has 2 aliphatic heterocycles. The highest BCUT2D eigenvalue weighted by Gasteiger charge is 2.32. The Kier molecular flexibility index (Phi) is 5.42. The van der Waals surface area contributed by atoms with Gasteiger partial charge in [0.1, 0.15) is 0 Å². The molecule has 4 heteroatoms. The first kappa shape index (κ1) is 14.3. The molecule has 2 unspecified atom stereocenters. The number of likely N-dealkylation sites (tertiary alicyclic amines) is 2. The van der Waals surface area contributed by atoms with Crippen molar-refractivity contribution in [2.24, 2.45) is 5.73 Å². The summed E-state index contributed by atoms with van der Waals surface area (Å²) >= 11 is 0. The van der Waals surface area contributed by atoms with Crippen LogP contribution in [0.3, 0.4) is 0 Å². The molecule has 2 saturated heterocycles. The second-order valence-electron chi connectivity index (χ2n) is 5.83. The fourth-order valence-electron chi connectivity index (χ4n) is 3.36. The van der Waals surface area contributed by atoms with Gasteiger partial charge in [-0.25, -0.2) is 0 Å². The first-order valence-electron chi connectivity index (χ1n) is 7.47. The Balaban J connectivity index is 1.80. The average molecular weight is 255 g/mol. The summed E-state index contributed by atoms with van der Waals surface area (Å²) in [6.07, 6.45) is 4.85. The molecule has 0 aromatic heterocycles. The van der Waals surface area contributed by atoms with Crippen LogP contribution in [0.25, 0.3) is 0 Å². The third-order valence-corrected chi connectivity index (χ3v) is 4.63. The van der Waals surface area contributed by atoms with E-state index in [1.165, 1.54) is 51.9 Å². The van der Waals surface area contributed by atoms with Crippen molar-refractivity contribution in [2.45, 2.75) is 50.7 Å². The lowest BCUT2D eigenvalue weighted by Crippen LogP contribution is -2.47. The van der Waals surface area contributed by atoms with Crippen LogP contribution in [0.4, 0.5) is 0 Å². The Morgan fingerprint density at radius 3 is 2.56 bits per heavy atom. The number of rotatable bonds is 5. The van der Waals surface area contributed by atoms with Crippen molar-refractivity contribution in [3.8, 4) is 0 Å². The van der Waals surface area contributed by atoms with E-state index in [1.54, 1.807) is 0 Å². The third kappa shape index (κ3) is 3.44. The molecule has 0 radical (unpaired) electrons. The lowest BCUT2D eigenvalue weighted by molar-refractivity contribution is 0.0914. The quantitative estimate of drug-likeness (QED) is 0.793. The Hall–Kier alpha value is -0.160. The van der Waals surface area contributed by atoms with Crippen molar-refractivity contribution >= 4 is 0 Å². The summed E-state index contributed by atoms with van der Waals surface area (Å²) in [5, 5.41) is 0. The summed E-state index contributed by atoms with van der Waals surface area (Å²) in [4.78, 5) is 5.27. The van der Waals surface area contributed by atoms with Gasteiger partial charge in [-0.1, -0.05) is 6.92 Å². The first-order valence-corrected chi connectivity index (χ1v) is 7.47. The van der Waals surface area contributed by atoms with E-state index in [2.05, 4.69) is 16.7 Å². The minimum atomic E-state index is 0.440. The van der Waals surface area contributed by atoms with Crippen LogP contribution in [0, 0.1) is 0 Å². The molecule has 2 heterocycles. The highest BCUT2D eigenvalue weighted by atomic mass is 16.5. The standard InChI is InChI=1S/C14H29N3O/c1-3-13(11-18-2)17-9-6-14(10-17)16-7-4-12(15)5-8-16/h12-14H,3-11,15H2,1-2H3. The van der Waals surface area contributed by atoms with Gasteiger partial charge in [0.2, 0.25) is 0 Å². The number of piperidine rings is 1. The summed E-state index contributed by atoms with van der Waals surface area (Å²) < 4.78 is 5.33. The summed E-state index contributed by atoms with van der Waals surface area (Å²) in [5.41, 5.74) is 5.98. The zero-order valence-corrected chi connectivity index (χ0v) is 12.0. The van der Waals surface area contributed by atoms with Gasteiger partial charge in [-0.3, -0.25) is 9.80 Å².